The maximum atomic E-state index is 11.0. The summed E-state index contributed by atoms with van der Waals surface area (Å²) in [5.74, 6) is 1.33. The smallest absolute Gasteiger partial charge is 0.243 e. The first kappa shape index (κ1) is 28.1. The first-order chi connectivity index (χ1) is 19.1. The number of H-pyrrole nitrogens is 1. The van der Waals surface area contributed by atoms with Crippen molar-refractivity contribution in [3.05, 3.63) is 72.6 Å². The molecule has 9 nitrogen and oxygen atoms in total. The van der Waals surface area contributed by atoms with Gasteiger partial charge in [-0.3, -0.25) is 10.0 Å². The number of carbonyl (C=O) groups is 1. The van der Waals surface area contributed by atoms with Gasteiger partial charge < -0.3 is 20.4 Å². The molecule has 9 heteroatoms. The summed E-state index contributed by atoms with van der Waals surface area (Å²) in [6.45, 7) is 4.46. The van der Waals surface area contributed by atoms with Crippen LogP contribution in [0.1, 0.15) is 57.1 Å². The van der Waals surface area contributed by atoms with Crippen LogP contribution in [0.2, 0.25) is 0 Å². The summed E-state index contributed by atoms with van der Waals surface area (Å²) >= 11 is 0. The second-order valence-electron chi connectivity index (χ2n) is 9.62. The van der Waals surface area contributed by atoms with Crippen molar-refractivity contribution in [3.63, 3.8) is 0 Å². The highest BCUT2D eigenvalue weighted by molar-refractivity contribution is 5.91. The van der Waals surface area contributed by atoms with E-state index in [1.807, 2.05) is 42.5 Å². The molecule has 1 atom stereocenters. The fourth-order valence-electron chi connectivity index (χ4n) is 4.46. The van der Waals surface area contributed by atoms with Crippen molar-refractivity contribution in [2.45, 2.75) is 51.5 Å². The van der Waals surface area contributed by atoms with Crippen LogP contribution >= 0.6 is 0 Å². The minimum absolute atomic E-state index is 0.118. The Balaban J connectivity index is 1.19. The molecular formula is C30H38N6O3. The van der Waals surface area contributed by atoms with E-state index in [0.717, 1.165) is 79.1 Å². The van der Waals surface area contributed by atoms with Gasteiger partial charge in [-0.25, -0.2) is 15.4 Å². The van der Waals surface area contributed by atoms with E-state index in [4.69, 9.17) is 9.94 Å². The highest BCUT2D eigenvalue weighted by Crippen LogP contribution is 2.29. The topological polar surface area (TPSA) is 124 Å². The second kappa shape index (κ2) is 14.8. The monoisotopic (exact) mass is 530 g/mol. The van der Waals surface area contributed by atoms with Gasteiger partial charge in [0.05, 0.1) is 5.39 Å². The first-order valence-electron chi connectivity index (χ1n) is 13.7. The molecule has 0 aliphatic rings. The standard InChI is InChI=1S/C30H38N6O3/c1-22(23-10-6-5-7-11-23)34-29-26-20-27(35-30(26)33-21-32-29)24-13-15-25(16-14-24)39-19-18-31-17-9-4-2-3-8-12-28(37)36-38/h5-7,10-11,13-16,20-22,31,38H,2-4,8-9,12,17-19H2,1H3,(H,36,37)(H2,32,33,34,35). The molecule has 0 saturated heterocycles. The van der Waals surface area contributed by atoms with E-state index in [0.29, 0.717) is 13.0 Å². The van der Waals surface area contributed by atoms with Crippen LogP contribution in [-0.4, -0.2) is 45.8 Å². The third kappa shape index (κ3) is 8.53. The Bertz CT molecular complexity index is 1290. The molecule has 4 aromatic rings. The fraction of sp³-hybridized carbons (Fsp3) is 0.367. The number of benzene rings is 2. The van der Waals surface area contributed by atoms with Gasteiger partial charge in [0, 0.05) is 24.7 Å². The zero-order valence-corrected chi connectivity index (χ0v) is 22.5. The number of carbonyl (C=O) groups excluding carboxylic acids is 1. The number of aromatic amines is 1. The summed E-state index contributed by atoms with van der Waals surface area (Å²) in [7, 11) is 0. The van der Waals surface area contributed by atoms with Gasteiger partial charge in [0.2, 0.25) is 5.91 Å². The van der Waals surface area contributed by atoms with Gasteiger partial charge in [-0.05, 0) is 67.8 Å². The number of hydroxylamine groups is 1. The summed E-state index contributed by atoms with van der Waals surface area (Å²) in [4.78, 5) is 23.3. The fourth-order valence-corrected chi connectivity index (χ4v) is 4.46. The second-order valence-corrected chi connectivity index (χ2v) is 9.62. The molecule has 4 rings (SSSR count). The number of hydrogen-bond donors (Lipinski definition) is 5. The molecule has 0 radical (unpaired) electrons. The van der Waals surface area contributed by atoms with Crippen LogP contribution in [0.25, 0.3) is 22.3 Å². The molecule has 1 amide bonds. The Morgan fingerprint density at radius 1 is 0.974 bits per heavy atom. The molecule has 2 aromatic carbocycles. The van der Waals surface area contributed by atoms with Gasteiger partial charge in [-0.15, -0.1) is 0 Å². The Labute approximate surface area is 229 Å². The van der Waals surface area contributed by atoms with Gasteiger partial charge in [0.15, 0.2) is 0 Å². The number of rotatable bonds is 16. The Morgan fingerprint density at radius 2 is 1.74 bits per heavy atom. The number of unbranched alkanes of at least 4 members (excludes halogenated alkanes) is 4. The quantitative estimate of drug-likeness (QED) is 0.0724. The number of nitrogens with zero attached hydrogens (tertiary/aromatic N) is 2. The molecule has 1 unspecified atom stereocenters. The van der Waals surface area contributed by atoms with Crippen LogP contribution in [0.5, 0.6) is 5.75 Å². The van der Waals surface area contributed by atoms with Crippen molar-refractivity contribution in [3.8, 4) is 17.0 Å². The molecule has 0 saturated carbocycles. The number of ether oxygens (including phenoxy) is 1. The van der Waals surface area contributed by atoms with Gasteiger partial charge >= 0.3 is 0 Å². The average molecular weight is 531 g/mol. The van der Waals surface area contributed by atoms with Crippen molar-refractivity contribution in [1.29, 1.82) is 0 Å². The molecular weight excluding hydrogens is 492 g/mol. The van der Waals surface area contributed by atoms with Crippen molar-refractivity contribution in [1.82, 2.24) is 25.7 Å². The van der Waals surface area contributed by atoms with E-state index >= 15 is 0 Å². The highest BCUT2D eigenvalue weighted by Gasteiger charge is 2.12. The minimum atomic E-state index is -0.310. The lowest BCUT2D eigenvalue weighted by Gasteiger charge is -2.15. The molecule has 206 valence electrons. The minimum Gasteiger partial charge on any atom is -0.492 e. The van der Waals surface area contributed by atoms with Crippen molar-refractivity contribution < 1.29 is 14.7 Å². The maximum Gasteiger partial charge on any atom is 0.243 e. The highest BCUT2D eigenvalue weighted by atomic mass is 16.5. The predicted octanol–water partition coefficient (Wildman–Crippen LogP) is 5.61. The van der Waals surface area contributed by atoms with E-state index in [2.05, 4.69) is 50.7 Å². The first-order valence-corrected chi connectivity index (χ1v) is 13.7. The number of nitrogens with one attached hydrogen (secondary N) is 4. The van der Waals surface area contributed by atoms with Crippen molar-refractivity contribution >= 4 is 22.8 Å². The number of aromatic nitrogens is 3. The summed E-state index contributed by atoms with van der Waals surface area (Å²) < 4.78 is 5.89. The van der Waals surface area contributed by atoms with Crippen LogP contribution in [0.15, 0.2) is 67.0 Å². The van der Waals surface area contributed by atoms with E-state index in [9.17, 15) is 4.79 Å². The Morgan fingerprint density at radius 3 is 2.54 bits per heavy atom. The Kier molecular flexibility index (Phi) is 10.7. The average Bonchev–Trinajstić information content (AvgIpc) is 3.42. The molecule has 0 spiro atoms. The van der Waals surface area contributed by atoms with E-state index in [1.165, 1.54) is 5.56 Å². The van der Waals surface area contributed by atoms with Crippen LogP contribution in [0.3, 0.4) is 0 Å². The molecule has 0 bridgehead atoms. The molecule has 39 heavy (non-hydrogen) atoms. The lowest BCUT2D eigenvalue weighted by molar-refractivity contribution is -0.129. The lowest BCUT2D eigenvalue weighted by Crippen LogP contribution is -2.22. The third-order valence-corrected chi connectivity index (χ3v) is 6.67. The molecule has 0 aliphatic heterocycles. The largest absolute Gasteiger partial charge is 0.492 e. The van der Waals surface area contributed by atoms with Crippen LogP contribution in [0, 0.1) is 0 Å². The maximum absolute atomic E-state index is 11.0. The number of amides is 1. The van der Waals surface area contributed by atoms with Crippen molar-refractivity contribution in [2.75, 3.05) is 25.0 Å². The van der Waals surface area contributed by atoms with Gasteiger partial charge in [-0.2, -0.15) is 0 Å². The summed E-state index contributed by atoms with van der Waals surface area (Å²) in [6.07, 6.45) is 7.09. The summed E-state index contributed by atoms with van der Waals surface area (Å²) in [5, 5.41) is 16.3. The van der Waals surface area contributed by atoms with Gasteiger partial charge in [-0.1, -0.05) is 49.6 Å². The summed E-state index contributed by atoms with van der Waals surface area (Å²) in [6, 6.07) is 20.6. The molecule has 0 fully saturated rings. The number of anilines is 1. The lowest BCUT2D eigenvalue weighted by atomic mass is 10.1. The van der Waals surface area contributed by atoms with Gasteiger partial charge in [0.25, 0.3) is 0 Å². The van der Waals surface area contributed by atoms with Crippen LogP contribution in [-0.2, 0) is 4.79 Å². The normalized spacial score (nSPS) is 11.8. The summed E-state index contributed by atoms with van der Waals surface area (Å²) in [5.41, 5.74) is 5.69. The zero-order valence-electron chi connectivity index (χ0n) is 22.5. The Hall–Kier alpha value is -3.95. The molecule has 2 aromatic heterocycles. The van der Waals surface area contributed by atoms with Crippen LogP contribution < -0.4 is 20.9 Å². The number of fused-ring (bicyclic) bond motifs is 1. The molecule has 0 aliphatic carbocycles. The number of hydrogen-bond acceptors (Lipinski definition) is 7. The van der Waals surface area contributed by atoms with Gasteiger partial charge in [0.1, 0.15) is 30.1 Å². The molecule has 2 heterocycles. The third-order valence-electron chi connectivity index (χ3n) is 6.67. The zero-order chi connectivity index (χ0) is 27.3. The van der Waals surface area contributed by atoms with Crippen LogP contribution in [0.4, 0.5) is 5.82 Å². The van der Waals surface area contributed by atoms with E-state index < -0.39 is 0 Å². The van der Waals surface area contributed by atoms with E-state index in [1.54, 1.807) is 11.8 Å². The molecule has 5 N–H and O–H groups in total. The van der Waals surface area contributed by atoms with E-state index in [-0.39, 0.29) is 11.9 Å². The SMILES string of the molecule is CC(Nc1ncnc2[nH]c(-c3ccc(OCCNCCCCCCCC(=O)NO)cc3)cc12)c1ccccc1. The van der Waals surface area contributed by atoms with Crippen molar-refractivity contribution in [2.24, 2.45) is 0 Å². The predicted molar refractivity (Wildman–Crippen MR) is 154 cm³/mol.